The van der Waals surface area contributed by atoms with Crippen LogP contribution in [0.3, 0.4) is 0 Å². The van der Waals surface area contributed by atoms with Crippen molar-refractivity contribution in [1.29, 1.82) is 0 Å². The molecule has 0 aromatic heterocycles. The minimum Gasteiger partial charge on any atom is -0.487 e. The van der Waals surface area contributed by atoms with Crippen LogP contribution in [0.4, 0.5) is 5.69 Å². The van der Waals surface area contributed by atoms with Gasteiger partial charge in [-0.3, -0.25) is 0 Å². The van der Waals surface area contributed by atoms with Crippen molar-refractivity contribution in [1.82, 2.24) is 4.90 Å². The first-order valence-corrected chi connectivity index (χ1v) is 6.35. The van der Waals surface area contributed by atoms with Crippen LogP contribution in [0.5, 0.6) is 5.75 Å². The summed E-state index contributed by atoms with van der Waals surface area (Å²) in [5.41, 5.74) is 9.56. The van der Waals surface area contributed by atoms with E-state index in [1.165, 1.54) is 11.1 Å². The zero-order valence-electron chi connectivity index (χ0n) is 10.6. The molecule has 1 heterocycles. The molecular formula is C14H20N2O. The van der Waals surface area contributed by atoms with Gasteiger partial charge in [-0.1, -0.05) is 0 Å². The molecule has 2 N–H and O–H groups in total. The van der Waals surface area contributed by atoms with Crippen molar-refractivity contribution in [3.05, 3.63) is 23.3 Å². The van der Waals surface area contributed by atoms with Crippen LogP contribution in [0.1, 0.15) is 30.9 Å². The zero-order valence-corrected chi connectivity index (χ0v) is 10.6. The number of hydrogen-bond acceptors (Lipinski definition) is 3. The Hall–Kier alpha value is -1.22. The largest absolute Gasteiger partial charge is 0.487 e. The summed E-state index contributed by atoms with van der Waals surface area (Å²) < 4.78 is 6.13. The topological polar surface area (TPSA) is 38.5 Å². The minimum atomic E-state index is 0.0743. The molecule has 2 aliphatic rings. The van der Waals surface area contributed by atoms with E-state index in [4.69, 9.17) is 10.5 Å². The predicted octanol–water partition coefficient (Wildman–Crippen LogP) is 2.19. The molecule has 0 bridgehead atoms. The van der Waals surface area contributed by atoms with Crippen LogP contribution in [0, 0.1) is 0 Å². The molecule has 0 radical (unpaired) electrons. The molecule has 3 heteroatoms. The second-order valence-electron chi connectivity index (χ2n) is 5.70. The van der Waals surface area contributed by atoms with Gasteiger partial charge in [0.15, 0.2) is 0 Å². The number of nitrogens with zero attached hydrogens (tertiary/aromatic N) is 1. The van der Waals surface area contributed by atoms with E-state index in [0.29, 0.717) is 0 Å². The molecule has 1 aromatic carbocycles. The minimum absolute atomic E-state index is 0.0743. The Bertz CT molecular complexity index is 452. The van der Waals surface area contributed by atoms with Gasteiger partial charge in [-0.2, -0.15) is 0 Å². The first kappa shape index (κ1) is 10.9. The summed E-state index contributed by atoms with van der Waals surface area (Å²) in [6.45, 7) is 4.26. The summed E-state index contributed by atoms with van der Waals surface area (Å²) in [7, 11) is 2.15. The van der Waals surface area contributed by atoms with E-state index in [0.717, 1.165) is 43.8 Å². The van der Waals surface area contributed by atoms with Gasteiger partial charge < -0.3 is 15.4 Å². The number of nitrogens with two attached hydrogens (primary N) is 1. The van der Waals surface area contributed by atoms with Crippen LogP contribution < -0.4 is 10.5 Å². The van der Waals surface area contributed by atoms with E-state index in [9.17, 15) is 0 Å². The van der Waals surface area contributed by atoms with Crippen LogP contribution in [-0.4, -0.2) is 24.1 Å². The third-order valence-electron chi connectivity index (χ3n) is 3.82. The Balaban J connectivity index is 1.96. The summed E-state index contributed by atoms with van der Waals surface area (Å²) in [6, 6.07) is 4.08. The molecule has 0 saturated heterocycles. The molecule has 1 fully saturated rings. The molecule has 0 amide bonds. The molecule has 1 aliphatic heterocycles. The second kappa shape index (κ2) is 3.64. The summed E-state index contributed by atoms with van der Waals surface area (Å²) in [5, 5.41) is 0. The van der Waals surface area contributed by atoms with E-state index in [1.807, 2.05) is 6.07 Å². The van der Waals surface area contributed by atoms with Crippen LogP contribution >= 0.6 is 0 Å². The molecule has 17 heavy (non-hydrogen) atoms. The molecule has 0 unspecified atom stereocenters. The average Bonchev–Trinajstić information content (AvgIpc) is 2.94. The molecule has 0 atom stereocenters. The lowest BCUT2D eigenvalue weighted by Crippen LogP contribution is -2.27. The Labute approximate surface area is 103 Å². The van der Waals surface area contributed by atoms with Crippen molar-refractivity contribution in [3.8, 4) is 5.75 Å². The Morgan fingerprint density at radius 3 is 2.82 bits per heavy atom. The van der Waals surface area contributed by atoms with Gasteiger partial charge >= 0.3 is 0 Å². The lowest BCUT2D eigenvalue weighted by molar-refractivity contribution is 0.195. The zero-order chi connectivity index (χ0) is 12.0. The lowest BCUT2D eigenvalue weighted by atomic mass is 9.98. The SMILES string of the molecule is CN1CCc2c(cc(N)cc2OC2(C)CC2)C1. The fraction of sp³-hybridized carbons (Fsp3) is 0.571. The molecule has 1 aliphatic carbocycles. The number of anilines is 1. The first-order chi connectivity index (χ1) is 8.06. The molecule has 0 spiro atoms. The highest BCUT2D eigenvalue weighted by Crippen LogP contribution is 2.42. The van der Waals surface area contributed by atoms with Crippen LogP contribution in [0.15, 0.2) is 12.1 Å². The molecular weight excluding hydrogens is 212 g/mol. The van der Waals surface area contributed by atoms with Crippen molar-refractivity contribution in [2.75, 3.05) is 19.3 Å². The summed E-state index contributed by atoms with van der Waals surface area (Å²) in [4.78, 5) is 2.32. The fourth-order valence-electron chi connectivity index (χ4n) is 2.46. The van der Waals surface area contributed by atoms with Crippen LogP contribution in [-0.2, 0) is 13.0 Å². The maximum atomic E-state index is 6.13. The van der Waals surface area contributed by atoms with Gasteiger partial charge in [-0.25, -0.2) is 0 Å². The molecule has 1 saturated carbocycles. The smallest absolute Gasteiger partial charge is 0.125 e. The number of nitrogen functional groups attached to an aromatic ring is 1. The maximum Gasteiger partial charge on any atom is 0.125 e. The van der Waals surface area contributed by atoms with E-state index in [2.05, 4.69) is 24.9 Å². The van der Waals surface area contributed by atoms with Crippen molar-refractivity contribution >= 4 is 5.69 Å². The number of hydrogen-bond donors (Lipinski definition) is 1. The summed E-state index contributed by atoms with van der Waals surface area (Å²) in [5.74, 6) is 1.02. The molecule has 92 valence electrons. The highest BCUT2D eigenvalue weighted by Gasteiger charge is 2.40. The third kappa shape index (κ3) is 2.12. The summed E-state index contributed by atoms with van der Waals surface area (Å²) >= 11 is 0. The van der Waals surface area contributed by atoms with Crippen molar-refractivity contribution in [2.45, 2.75) is 38.3 Å². The van der Waals surface area contributed by atoms with Crippen LogP contribution in [0.2, 0.25) is 0 Å². The van der Waals surface area contributed by atoms with E-state index >= 15 is 0 Å². The van der Waals surface area contributed by atoms with Gasteiger partial charge in [0, 0.05) is 30.4 Å². The second-order valence-corrected chi connectivity index (χ2v) is 5.70. The van der Waals surface area contributed by atoms with E-state index in [1.54, 1.807) is 0 Å². The quantitative estimate of drug-likeness (QED) is 0.794. The molecule has 1 aromatic rings. The number of likely N-dealkylation sites (N-methyl/N-ethyl adjacent to an activating group) is 1. The highest BCUT2D eigenvalue weighted by atomic mass is 16.5. The molecule has 3 rings (SSSR count). The van der Waals surface area contributed by atoms with Crippen LogP contribution in [0.25, 0.3) is 0 Å². The normalized spacial score (nSPS) is 22.0. The van der Waals surface area contributed by atoms with Gasteiger partial charge in [0.1, 0.15) is 11.4 Å². The average molecular weight is 232 g/mol. The van der Waals surface area contributed by atoms with Crippen molar-refractivity contribution in [3.63, 3.8) is 0 Å². The van der Waals surface area contributed by atoms with Crippen molar-refractivity contribution in [2.24, 2.45) is 0 Å². The maximum absolute atomic E-state index is 6.13. The van der Waals surface area contributed by atoms with E-state index < -0.39 is 0 Å². The summed E-state index contributed by atoms with van der Waals surface area (Å²) in [6.07, 6.45) is 3.39. The van der Waals surface area contributed by atoms with Gasteiger partial charge in [-0.05, 0) is 44.9 Å². The number of rotatable bonds is 2. The highest BCUT2D eigenvalue weighted by molar-refractivity contribution is 5.54. The van der Waals surface area contributed by atoms with Crippen molar-refractivity contribution < 1.29 is 4.74 Å². The lowest BCUT2D eigenvalue weighted by Gasteiger charge is -2.28. The number of benzene rings is 1. The van der Waals surface area contributed by atoms with Gasteiger partial charge in [0.25, 0.3) is 0 Å². The number of fused-ring (bicyclic) bond motifs is 1. The first-order valence-electron chi connectivity index (χ1n) is 6.35. The number of ether oxygens (including phenoxy) is 1. The fourth-order valence-corrected chi connectivity index (χ4v) is 2.46. The Morgan fingerprint density at radius 2 is 2.12 bits per heavy atom. The predicted molar refractivity (Wildman–Crippen MR) is 69.2 cm³/mol. The Morgan fingerprint density at radius 1 is 1.35 bits per heavy atom. The van der Waals surface area contributed by atoms with Gasteiger partial charge in [0.05, 0.1) is 0 Å². The van der Waals surface area contributed by atoms with Gasteiger partial charge in [-0.15, -0.1) is 0 Å². The third-order valence-corrected chi connectivity index (χ3v) is 3.82. The molecule has 3 nitrogen and oxygen atoms in total. The Kier molecular flexibility index (Phi) is 2.33. The standard InChI is InChI=1S/C14H20N2O/c1-14(4-5-14)17-13-8-11(15)7-10-9-16(2)6-3-12(10)13/h7-8H,3-6,9,15H2,1-2H3. The van der Waals surface area contributed by atoms with E-state index in [-0.39, 0.29) is 5.60 Å². The van der Waals surface area contributed by atoms with Gasteiger partial charge in [0.2, 0.25) is 0 Å². The monoisotopic (exact) mass is 232 g/mol.